The van der Waals surface area contributed by atoms with Crippen LogP contribution in [0.3, 0.4) is 0 Å². The van der Waals surface area contributed by atoms with Crippen molar-refractivity contribution in [2.24, 2.45) is 0 Å². The third-order valence-electron chi connectivity index (χ3n) is 6.18. The summed E-state index contributed by atoms with van der Waals surface area (Å²) in [7, 11) is 1.41. The maximum absolute atomic E-state index is 13.0. The lowest BCUT2D eigenvalue weighted by atomic mass is 9.86. The number of ether oxygens (including phenoxy) is 4. The Morgan fingerprint density at radius 2 is 1.88 bits per heavy atom. The first-order chi connectivity index (χ1) is 19.7. The molecule has 0 aliphatic rings. The van der Waals surface area contributed by atoms with Gasteiger partial charge in [-0.15, -0.1) is 0 Å². The van der Waals surface area contributed by atoms with Gasteiger partial charge in [-0.05, 0) is 49.7 Å². The van der Waals surface area contributed by atoms with E-state index in [1.807, 2.05) is 0 Å². The molecule has 0 saturated carbocycles. The number of nitrogens with zero attached hydrogens (tertiary/aromatic N) is 2. The number of aryl methyl sites for hydroxylation is 1. The van der Waals surface area contributed by atoms with E-state index in [1.54, 1.807) is 38.1 Å². The van der Waals surface area contributed by atoms with Crippen LogP contribution in [0.5, 0.6) is 11.5 Å². The summed E-state index contributed by atoms with van der Waals surface area (Å²) >= 11 is 0. The van der Waals surface area contributed by atoms with Gasteiger partial charge in [0.1, 0.15) is 29.1 Å². The first kappa shape index (κ1) is 28.8. The van der Waals surface area contributed by atoms with E-state index in [1.165, 1.54) is 37.6 Å². The number of furan rings is 1. The normalized spacial score (nSPS) is 13.1. The Bertz CT molecular complexity index is 1510. The molecule has 0 radical (unpaired) electrons. The highest BCUT2D eigenvalue weighted by Crippen LogP contribution is 2.37. The van der Waals surface area contributed by atoms with Gasteiger partial charge in [0.2, 0.25) is 0 Å². The molecule has 2 aromatic heterocycles. The number of non-ortho nitro benzene ring substituents is 1. The zero-order valence-corrected chi connectivity index (χ0v) is 22.3. The lowest BCUT2D eigenvalue weighted by Gasteiger charge is -2.35. The molecule has 13 nitrogen and oxygen atoms in total. The van der Waals surface area contributed by atoms with Crippen LogP contribution in [-0.2, 0) is 26.5 Å². The molecule has 0 aliphatic carbocycles. The fraction of sp³-hybridized carbons (Fsp3) is 0.250. The highest BCUT2D eigenvalue weighted by atomic mass is 16.7. The fourth-order valence-electron chi connectivity index (χ4n) is 4.12. The third kappa shape index (κ3) is 6.20. The van der Waals surface area contributed by atoms with Crippen LogP contribution in [-0.4, -0.2) is 40.4 Å². The number of hydrogen-bond donors (Lipinski definition) is 1. The molecule has 4 rings (SSSR count). The Labute approximate surface area is 233 Å². The molecular formula is C28H26N2O11. The summed E-state index contributed by atoms with van der Waals surface area (Å²) < 4.78 is 33.1. The average molecular weight is 567 g/mol. The van der Waals surface area contributed by atoms with Crippen LogP contribution in [0.25, 0.3) is 11.7 Å². The molecule has 2 atom stereocenters. The number of benzene rings is 2. The standard InChI is InChI=1S/C28H26N2O11/c1-4-24(38-16-22-17(2)39-25(29-22)23-9-6-14-37-23)28(26(31)32,18-7-5-8-21(15-18)36-3)41-27(33)40-20-12-10-19(11-13-20)30(34)35/h5-15,24H,4,16H2,1-3H3,(H,31,32). The van der Waals surface area contributed by atoms with E-state index < -0.39 is 28.8 Å². The van der Waals surface area contributed by atoms with Crippen LogP contribution in [0.4, 0.5) is 10.5 Å². The second-order valence-electron chi connectivity index (χ2n) is 8.68. The highest BCUT2D eigenvalue weighted by Gasteiger charge is 2.53. The van der Waals surface area contributed by atoms with Crippen LogP contribution in [0, 0.1) is 17.0 Å². The van der Waals surface area contributed by atoms with Crippen molar-refractivity contribution in [1.82, 2.24) is 4.98 Å². The van der Waals surface area contributed by atoms with E-state index in [2.05, 4.69) is 4.98 Å². The first-order valence-corrected chi connectivity index (χ1v) is 12.3. The van der Waals surface area contributed by atoms with Gasteiger partial charge in [-0.3, -0.25) is 10.1 Å². The summed E-state index contributed by atoms with van der Waals surface area (Å²) in [5.41, 5.74) is -2.19. The number of carbonyl (C=O) groups is 2. The number of carboxylic acid groups (broad SMARTS) is 1. The number of aliphatic carboxylic acids is 1. The van der Waals surface area contributed by atoms with Gasteiger partial charge < -0.3 is 32.9 Å². The Morgan fingerprint density at radius 3 is 2.49 bits per heavy atom. The Morgan fingerprint density at radius 1 is 1.12 bits per heavy atom. The predicted octanol–water partition coefficient (Wildman–Crippen LogP) is 5.65. The van der Waals surface area contributed by atoms with Crippen LogP contribution < -0.4 is 9.47 Å². The van der Waals surface area contributed by atoms with Crippen LogP contribution in [0.1, 0.15) is 30.4 Å². The molecule has 2 unspecified atom stereocenters. The smallest absolute Gasteiger partial charge is 0.497 e. The maximum atomic E-state index is 13.0. The molecule has 0 amide bonds. The van der Waals surface area contributed by atoms with Crippen molar-refractivity contribution in [2.75, 3.05) is 7.11 Å². The molecule has 0 aliphatic heterocycles. The van der Waals surface area contributed by atoms with E-state index >= 15 is 0 Å². The minimum absolute atomic E-state index is 0.0463. The second kappa shape index (κ2) is 12.3. The van der Waals surface area contributed by atoms with Crippen LogP contribution >= 0.6 is 0 Å². The Balaban J connectivity index is 1.66. The summed E-state index contributed by atoms with van der Waals surface area (Å²) in [6, 6.07) is 14.0. The summed E-state index contributed by atoms with van der Waals surface area (Å²) in [4.78, 5) is 40.7. The number of rotatable bonds is 12. The molecule has 2 aromatic carbocycles. The summed E-state index contributed by atoms with van der Waals surface area (Å²) in [5.74, 6) is -0.272. The topological polar surface area (TPSA) is 174 Å². The third-order valence-corrected chi connectivity index (χ3v) is 6.18. The monoisotopic (exact) mass is 566 g/mol. The van der Waals surface area contributed by atoms with Crippen molar-refractivity contribution >= 4 is 17.8 Å². The number of methoxy groups -OCH3 is 1. The van der Waals surface area contributed by atoms with Gasteiger partial charge in [0.05, 0.1) is 24.9 Å². The van der Waals surface area contributed by atoms with E-state index in [0.29, 0.717) is 23.0 Å². The predicted molar refractivity (Wildman–Crippen MR) is 140 cm³/mol. The Hall–Kier alpha value is -5.17. The zero-order chi connectivity index (χ0) is 29.6. The van der Waals surface area contributed by atoms with Gasteiger partial charge in [-0.2, -0.15) is 0 Å². The number of nitro groups is 1. The maximum Gasteiger partial charge on any atom is 0.515 e. The van der Waals surface area contributed by atoms with Crippen molar-refractivity contribution < 1.29 is 47.4 Å². The fourth-order valence-corrected chi connectivity index (χ4v) is 4.12. The Kier molecular flexibility index (Phi) is 8.68. The van der Waals surface area contributed by atoms with Crippen LogP contribution in [0.2, 0.25) is 0 Å². The molecule has 2 heterocycles. The van der Waals surface area contributed by atoms with E-state index in [0.717, 1.165) is 12.1 Å². The van der Waals surface area contributed by atoms with Crippen LogP contribution in [0.15, 0.2) is 75.8 Å². The molecule has 0 fully saturated rings. The van der Waals surface area contributed by atoms with E-state index in [-0.39, 0.29) is 35.9 Å². The lowest BCUT2D eigenvalue weighted by Crippen LogP contribution is -2.51. The number of hydrogen-bond acceptors (Lipinski definition) is 11. The van der Waals surface area contributed by atoms with Crippen molar-refractivity contribution in [1.29, 1.82) is 0 Å². The van der Waals surface area contributed by atoms with Crippen molar-refractivity contribution in [2.45, 2.75) is 38.6 Å². The lowest BCUT2D eigenvalue weighted by molar-refractivity contribution is -0.384. The number of carbonyl (C=O) groups excluding carboxylic acids is 1. The molecule has 13 heteroatoms. The number of carboxylic acids is 1. The van der Waals surface area contributed by atoms with Gasteiger partial charge in [0, 0.05) is 17.7 Å². The number of oxazole rings is 1. The van der Waals surface area contributed by atoms with E-state index in [9.17, 15) is 24.8 Å². The molecule has 0 saturated heterocycles. The molecule has 41 heavy (non-hydrogen) atoms. The van der Waals surface area contributed by atoms with E-state index in [4.69, 9.17) is 27.8 Å². The minimum Gasteiger partial charge on any atom is -0.497 e. The molecular weight excluding hydrogens is 540 g/mol. The van der Waals surface area contributed by atoms with Crippen molar-refractivity contribution in [3.05, 3.63) is 94.1 Å². The van der Waals surface area contributed by atoms with Gasteiger partial charge in [-0.1, -0.05) is 19.1 Å². The van der Waals surface area contributed by atoms with Crippen molar-refractivity contribution in [3.8, 4) is 23.1 Å². The van der Waals surface area contributed by atoms with Crippen molar-refractivity contribution in [3.63, 3.8) is 0 Å². The molecule has 4 aromatic rings. The van der Waals surface area contributed by atoms with Gasteiger partial charge in [-0.25, -0.2) is 14.6 Å². The quantitative estimate of drug-likeness (QED) is 0.0967. The average Bonchev–Trinajstić information content (AvgIpc) is 3.63. The molecule has 0 bridgehead atoms. The van der Waals surface area contributed by atoms with Gasteiger partial charge >= 0.3 is 12.1 Å². The molecule has 0 spiro atoms. The SMILES string of the molecule is CCC(OCc1nc(-c2ccco2)oc1C)C(OC(=O)Oc1ccc([N+](=O)[O-])cc1)(C(=O)O)c1cccc(OC)c1. The number of aromatic nitrogens is 1. The molecule has 1 N–H and O–H groups in total. The largest absolute Gasteiger partial charge is 0.515 e. The highest BCUT2D eigenvalue weighted by molar-refractivity contribution is 5.83. The summed E-state index contributed by atoms with van der Waals surface area (Å²) in [6.07, 6.45) is -1.07. The first-order valence-electron chi connectivity index (χ1n) is 12.3. The summed E-state index contributed by atoms with van der Waals surface area (Å²) in [5, 5.41) is 21.5. The second-order valence-corrected chi connectivity index (χ2v) is 8.68. The zero-order valence-electron chi connectivity index (χ0n) is 22.3. The number of nitro benzene ring substituents is 1. The minimum atomic E-state index is -2.40. The van der Waals surface area contributed by atoms with Gasteiger partial charge in [0.25, 0.3) is 17.2 Å². The summed E-state index contributed by atoms with van der Waals surface area (Å²) in [6.45, 7) is 3.15. The molecule has 214 valence electrons. The van der Waals surface area contributed by atoms with Gasteiger partial charge in [0.15, 0.2) is 5.76 Å².